The van der Waals surface area contributed by atoms with Crippen molar-refractivity contribution in [1.82, 2.24) is 0 Å². The molecule has 0 fully saturated rings. The van der Waals surface area contributed by atoms with Crippen LogP contribution < -0.4 is 5.32 Å². The molecule has 2 rings (SSSR count). The molecule has 0 spiro atoms. The molecule has 0 amide bonds. The summed E-state index contributed by atoms with van der Waals surface area (Å²) in [6, 6.07) is 7.78. The van der Waals surface area contributed by atoms with Crippen molar-refractivity contribution in [2.45, 2.75) is 19.6 Å². The summed E-state index contributed by atoms with van der Waals surface area (Å²) in [4.78, 5) is 0. The molecule has 0 radical (unpaired) electrons. The van der Waals surface area contributed by atoms with Gasteiger partial charge in [0.1, 0.15) is 5.76 Å². The summed E-state index contributed by atoms with van der Waals surface area (Å²) < 4.78 is 44.3. The van der Waals surface area contributed by atoms with Crippen LogP contribution in [0, 0.1) is 10.7 Å². The highest BCUT2D eigenvalue weighted by atomic mass is 127. The molecular weight excluding hydrogens is 370 g/mol. The fourth-order valence-electron chi connectivity index (χ4n) is 1.67. The number of hydrogen-bond donors (Lipinski definition) is 1. The zero-order valence-corrected chi connectivity index (χ0v) is 12.2. The topological polar surface area (TPSA) is 25.2 Å². The largest absolute Gasteiger partial charge is 0.454 e. The van der Waals surface area contributed by atoms with Gasteiger partial charge in [0.2, 0.25) is 0 Å². The molecule has 0 saturated heterocycles. The summed E-state index contributed by atoms with van der Waals surface area (Å²) in [5.41, 5.74) is 0.0152. The molecule has 0 saturated carbocycles. The highest BCUT2D eigenvalue weighted by Crippen LogP contribution is 2.33. The van der Waals surface area contributed by atoms with E-state index in [1.165, 1.54) is 13.0 Å². The van der Waals surface area contributed by atoms with E-state index in [0.717, 1.165) is 9.83 Å². The maximum Gasteiger partial charge on any atom is 0.416 e. The van der Waals surface area contributed by atoms with Crippen LogP contribution in [0.25, 0.3) is 0 Å². The molecule has 102 valence electrons. The number of nitrogens with one attached hydrogen (secondary N) is 1. The minimum absolute atomic E-state index is 0.214. The molecule has 0 aliphatic carbocycles. The maximum atomic E-state index is 12.7. The molecule has 0 atom stereocenters. The number of anilines is 1. The molecule has 2 aromatic rings. The van der Waals surface area contributed by atoms with Crippen LogP contribution in [0.5, 0.6) is 0 Å². The predicted octanol–water partition coefficient (Wildman–Crippen LogP) is 4.82. The van der Waals surface area contributed by atoms with Gasteiger partial charge < -0.3 is 9.73 Å². The molecule has 0 aliphatic heterocycles. The van der Waals surface area contributed by atoms with Gasteiger partial charge >= 0.3 is 6.18 Å². The zero-order chi connectivity index (χ0) is 14.0. The molecule has 0 bridgehead atoms. The predicted molar refractivity (Wildman–Crippen MR) is 74.9 cm³/mol. The number of aryl methyl sites for hydroxylation is 1. The minimum Gasteiger partial charge on any atom is -0.454 e. The van der Waals surface area contributed by atoms with Gasteiger partial charge in [0.25, 0.3) is 0 Å². The Morgan fingerprint density at radius 1 is 1.21 bits per heavy atom. The number of alkyl halides is 3. The molecule has 6 heteroatoms. The summed E-state index contributed by atoms with van der Waals surface area (Å²) in [5, 5.41) is 2.92. The fraction of sp³-hybridized carbons (Fsp3) is 0.231. The Balaban J connectivity index is 2.13. The zero-order valence-electron chi connectivity index (χ0n) is 10.0. The van der Waals surface area contributed by atoms with E-state index in [4.69, 9.17) is 4.42 Å². The first-order valence-electron chi connectivity index (χ1n) is 5.52. The minimum atomic E-state index is -4.33. The average molecular weight is 381 g/mol. The van der Waals surface area contributed by atoms with Gasteiger partial charge in [-0.25, -0.2) is 0 Å². The van der Waals surface area contributed by atoms with Crippen molar-refractivity contribution in [3.63, 3.8) is 0 Å². The van der Waals surface area contributed by atoms with E-state index < -0.39 is 11.7 Å². The number of hydrogen-bond acceptors (Lipinski definition) is 2. The number of rotatable bonds is 3. The van der Waals surface area contributed by atoms with Crippen molar-refractivity contribution in [3.8, 4) is 0 Å². The highest BCUT2D eigenvalue weighted by Gasteiger charge is 2.32. The van der Waals surface area contributed by atoms with Gasteiger partial charge in [-0.15, -0.1) is 0 Å². The van der Waals surface area contributed by atoms with Crippen molar-refractivity contribution in [3.05, 3.63) is 51.0 Å². The van der Waals surface area contributed by atoms with Crippen LogP contribution in [-0.4, -0.2) is 0 Å². The van der Waals surface area contributed by atoms with E-state index in [1.54, 1.807) is 18.2 Å². The van der Waals surface area contributed by atoms with Crippen LogP contribution in [0.4, 0.5) is 18.9 Å². The third-order valence-electron chi connectivity index (χ3n) is 2.64. The van der Waals surface area contributed by atoms with Gasteiger partial charge in [0, 0.05) is 5.69 Å². The molecule has 0 aliphatic rings. The molecule has 19 heavy (non-hydrogen) atoms. The van der Waals surface area contributed by atoms with Gasteiger partial charge in [-0.1, -0.05) is 6.07 Å². The second kappa shape index (κ2) is 5.44. The van der Waals surface area contributed by atoms with E-state index >= 15 is 0 Å². The van der Waals surface area contributed by atoms with E-state index in [1.807, 2.05) is 22.6 Å². The van der Waals surface area contributed by atoms with Crippen molar-refractivity contribution >= 4 is 28.3 Å². The Labute approximate surface area is 122 Å². The summed E-state index contributed by atoms with van der Waals surface area (Å²) in [7, 11) is 0. The van der Waals surface area contributed by atoms with E-state index in [0.29, 0.717) is 18.0 Å². The van der Waals surface area contributed by atoms with Crippen molar-refractivity contribution in [1.29, 1.82) is 0 Å². The summed E-state index contributed by atoms with van der Waals surface area (Å²) >= 11 is 2.03. The lowest BCUT2D eigenvalue weighted by molar-refractivity contribution is -0.138. The van der Waals surface area contributed by atoms with E-state index in [9.17, 15) is 13.2 Å². The normalized spacial score (nSPS) is 11.6. The smallest absolute Gasteiger partial charge is 0.416 e. The third kappa shape index (κ3) is 3.65. The Bertz CT molecular complexity index is 578. The maximum absolute atomic E-state index is 12.7. The molecule has 1 aromatic heterocycles. The van der Waals surface area contributed by atoms with Crippen LogP contribution in [0.1, 0.15) is 16.9 Å². The van der Waals surface area contributed by atoms with E-state index in [-0.39, 0.29) is 5.56 Å². The number of halogens is 4. The Morgan fingerprint density at radius 2 is 1.95 bits per heavy atom. The number of benzene rings is 1. The van der Waals surface area contributed by atoms with Gasteiger partial charge in [0.15, 0.2) is 3.77 Å². The lowest BCUT2D eigenvalue weighted by Gasteiger charge is -2.12. The van der Waals surface area contributed by atoms with Gasteiger partial charge in [0.05, 0.1) is 12.1 Å². The summed E-state index contributed by atoms with van der Waals surface area (Å²) in [6.07, 6.45) is -4.33. The van der Waals surface area contributed by atoms with Crippen LogP contribution in [-0.2, 0) is 12.7 Å². The Hall–Kier alpha value is -1.18. The first kappa shape index (κ1) is 14.2. The molecule has 1 heterocycles. The molecular formula is C13H11F3INO. The standard InChI is InChI=1S/C13H11F3INO/c1-8-2-3-9(6-11(8)13(14,15)16)18-7-10-4-5-12(17)19-10/h2-6,18H,7H2,1H3. The first-order chi connectivity index (χ1) is 8.86. The Kier molecular flexibility index (Phi) is 4.07. The lowest BCUT2D eigenvalue weighted by Crippen LogP contribution is -2.08. The molecule has 1 aromatic carbocycles. The SMILES string of the molecule is Cc1ccc(NCc2ccc(I)o2)cc1C(F)(F)F. The number of furan rings is 1. The van der Waals surface area contributed by atoms with Crippen molar-refractivity contribution in [2.75, 3.05) is 5.32 Å². The lowest BCUT2D eigenvalue weighted by atomic mass is 10.1. The van der Waals surface area contributed by atoms with Crippen LogP contribution >= 0.6 is 22.6 Å². The highest BCUT2D eigenvalue weighted by molar-refractivity contribution is 14.1. The second-order valence-electron chi connectivity index (χ2n) is 4.09. The van der Waals surface area contributed by atoms with Crippen LogP contribution in [0.2, 0.25) is 0 Å². The average Bonchev–Trinajstić information content (AvgIpc) is 2.72. The van der Waals surface area contributed by atoms with Crippen molar-refractivity contribution in [2.24, 2.45) is 0 Å². The second-order valence-corrected chi connectivity index (χ2v) is 5.15. The van der Waals surface area contributed by atoms with E-state index in [2.05, 4.69) is 5.32 Å². The molecule has 2 nitrogen and oxygen atoms in total. The van der Waals surface area contributed by atoms with Gasteiger partial charge in [-0.2, -0.15) is 13.2 Å². The fourth-order valence-corrected chi connectivity index (χ4v) is 2.14. The Morgan fingerprint density at radius 3 is 2.53 bits per heavy atom. The van der Waals surface area contributed by atoms with Crippen molar-refractivity contribution < 1.29 is 17.6 Å². The van der Waals surface area contributed by atoms with Gasteiger partial charge in [-0.3, -0.25) is 0 Å². The van der Waals surface area contributed by atoms with Gasteiger partial charge in [-0.05, 0) is 59.3 Å². The molecule has 0 unspecified atom stereocenters. The summed E-state index contributed by atoms with van der Waals surface area (Å²) in [6.45, 7) is 1.80. The quantitative estimate of drug-likeness (QED) is 0.772. The summed E-state index contributed by atoms with van der Waals surface area (Å²) in [5.74, 6) is 0.679. The van der Waals surface area contributed by atoms with Crippen LogP contribution in [0.3, 0.4) is 0 Å². The first-order valence-corrected chi connectivity index (χ1v) is 6.60. The van der Waals surface area contributed by atoms with Crippen LogP contribution in [0.15, 0.2) is 34.7 Å². The monoisotopic (exact) mass is 381 g/mol. The third-order valence-corrected chi connectivity index (χ3v) is 3.22. The molecule has 1 N–H and O–H groups in total.